The predicted octanol–water partition coefficient (Wildman–Crippen LogP) is 2.16. The van der Waals surface area contributed by atoms with Crippen LogP contribution < -0.4 is 0 Å². The van der Waals surface area contributed by atoms with E-state index in [2.05, 4.69) is 4.74 Å². The lowest BCUT2D eigenvalue weighted by Gasteiger charge is -2.12. The van der Waals surface area contributed by atoms with Crippen molar-refractivity contribution in [2.45, 2.75) is 18.7 Å². The van der Waals surface area contributed by atoms with Crippen LogP contribution in [0.15, 0.2) is 18.2 Å². The number of alkyl halides is 3. The monoisotopic (exact) mass is 279 g/mol. The second-order valence-electron chi connectivity index (χ2n) is 3.92. The van der Waals surface area contributed by atoms with Gasteiger partial charge in [-0.15, -0.1) is 0 Å². The van der Waals surface area contributed by atoms with Crippen LogP contribution in [0.3, 0.4) is 0 Å². The summed E-state index contributed by atoms with van der Waals surface area (Å²) in [7, 11) is 1.35. The van der Waals surface area contributed by atoms with Gasteiger partial charge in [0, 0.05) is 19.6 Å². The summed E-state index contributed by atoms with van der Waals surface area (Å²) in [6.07, 6.45) is -5.85. The summed E-state index contributed by atoms with van der Waals surface area (Å²) in [5, 5.41) is 20.0. The molecule has 0 radical (unpaired) electrons. The number of benzene rings is 1. The van der Waals surface area contributed by atoms with Crippen molar-refractivity contribution >= 4 is 5.69 Å². The van der Waals surface area contributed by atoms with E-state index in [1.54, 1.807) is 0 Å². The fraction of sp³-hybridized carbons (Fsp3) is 0.455. The van der Waals surface area contributed by atoms with Gasteiger partial charge in [0.05, 0.1) is 17.6 Å². The molecule has 0 heterocycles. The minimum absolute atomic E-state index is 0.0294. The molecule has 0 aliphatic rings. The number of nitrogens with zero attached hydrogens (tertiary/aromatic N) is 1. The highest BCUT2D eigenvalue weighted by Crippen LogP contribution is 2.36. The molecule has 1 atom stereocenters. The molecular weight excluding hydrogens is 267 g/mol. The molecule has 1 aromatic rings. The van der Waals surface area contributed by atoms with Crippen LogP contribution in [0.25, 0.3) is 0 Å². The number of hydrogen-bond acceptors (Lipinski definition) is 4. The normalized spacial score (nSPS) is 13.3. The summed E-state index contributed by atoms with van der Waals surface area (Å²) in [5.41, 5.74) is -2.17. The van der Waals surface area contributed by atoms with Crippen molar-refractivity contribution in [3.05, 3.63) is 39.4 Å². The Morgan fingerprint density at radius 1 is 1.47 bits per heavy atom. The van der Waals surface area contributed by atoms with Crippen molar-refractivity contribution in [3.8, 4) is 0 Å². The minimum Gasteiger partial charge on any atom is -0.390 e. The molecule has 0 aliphatic carbocycles. The van der Waals surface area contributed by atoms with E-state index in [1.165, 1.54) is 13.2 Å². The Hall–Kier alpha value is -1.67. The van der Waals surface area contributed by atoms with Crippen LogP contribution >= 0.6 is 0 Å². The standard InChI is InChI=1S/C11H12F3NO4/c1-19-6-8(16)4-7-2-3-10(15(17)18)9(5-7)11(12,13)14/h2-3,5,8,16H,4,6H2,1H3. The fourth-order valence-corrected chi connectivity index (χ4v) is 1.62. The molecule has 19 heavy (non-hydrogen) atoms. The molecule has 1 N–H and O–H groups in total. The van der Waals surface area contributed by atoms with Gasteiger partial charge in [-0.05, 0) is 11.6 Å². The van der Waals surface area contributed by atoms with E-state index >= 15 is 0 Å². The molecule has 0 fully saturated rings. The van der Waals surface area contributed by atoms with Crippen LogP contribution in [-0.2, 0) is 17.3 Å². The first kappa shape index (κ1) is 15.4. The highest BCUT2D eigenvalue weighted by Gasteiger charge is 2.38. The fourth-order valence-electron chi connectivity index (χ4n) is 1.62. The van der Waals surface area contributed by atoms with Gasteiger partial charge >= 0.3 is 6.18 Å². The van der Waals surface area contributed by atoms with Gasteiger partial charge in [-0.25, -0.2) is 0 Å². The van der Waals surface area contributed by atoms with Gasteiger partial charge in [-0.3, -0.25) is 10.1 Å². The molecule has 0 saturated carbocycles. The zero-order valence-electron chi connectivity index (χ0n) is 9.98. The summed E-state index contributed by atoms with van der Waals surface area (Å²) in [5.74, 6) is 0. The maximum atomic E-state index is 12.7. The van der Waals surface area contributed by atoms with E-state index in [0.717, 1.165) is 6.07 Å². The lowest BCUT2D eigenvalue weighted by atomic mass is 10.0. The third-order valence-corrected chi connectivity index (χ3v) is 2.39. The number of hydrogen-bond donors (Lipinski definition) is 1. The molecular formula is C11H12F3NO4. The van der Waals surface area contributed by atoms with Crippen molar-refractivity contribution < 1.29 is 27.9 Å². The largest absolute Gasteiger partial charge is 0.423 e. The average Bonchev–Trinajstić information content (AvgIpc) is 2.27. The number of aliphatic hydroxyl groups is 1. The van der Waals surface area contributed by atoms with Gasteiger partial charge in [0.2, 0.25) is 0 Å². The molecule has 0 saturated heterocycles. The van der Waals surface area contributed by atoms with E-state index in [1.807, 2.05) is 0 Å². The summed E-state index contributed by atoms with van der Waals surface area (Å²) in [6.45, 7) is -0.0294. The summed E-state index contributed by atoms with van der Waals surface area (Å²) in [4.78, 5) is 9.46. The van der Waals surface area contributed by atoms with Gasteiger partial charge < -0.3 is 9.84 Å². The number of nitro groups is 1. The Kier molecular flexibility index (Phi) is 4.84. The van der Waals surface area contributed by atoms with E-state index in [-0.39, 0.29) is 18.6 Å². The lowest BCUT2D eigenvalue weighted by molar-refractivity contribution is -0.388. The Morgan fingerprint density at radius 3 is 2.58 bits per heavy atom. The van der Waals surface area contributed by atoms with E-state index < -0.39 is 28.5 Å². The van der Waals surface area contributed by atoms with Gasteiger partial charge in [0.15, 0.2) is 0 Å². The maximum absolute atomic E-state index is 12.7. The Bertz CT molecular complexity index is 462. The Labute approximate surface area is 106 Å². The van der Waals surface area contributed by atoms with Gasteiger partial charge in [0.1, 0.15) is 5.56 Å². The number of halogens is 3. The summed E-state index contributed by atoms with van der Waals surface area (Å²) >= 11 is 0. The van der Waals surface area contributed by atoms with Crippen LogP contribution in [0.2, 0.25) is 0 Å². The Balaban J connectivity index is 3.09. The van der Waals surface area contributed by atoms with E-state index in [9.17, 15) is 28.4 Å². The van der Waals surface area contributed by atoms with Crippen molar-refractivity contribution in [3.63, 3.8) is 0 Å². The molecule has 0 aliphatic heterocycles. The van der Waals surface area contributed by atoms with E-state index in [4.69, 9.17) is 0 Å². The molecule has 1 rings (SSSR count). The first-order valence-electron chi connectivity index (χ1n) is 5.27. The van der Waals surface area contributed by atoms with Crippen LogP contribution in [0, 0.1) is 10.1 Å². The molecule has 0 amide bonds. The number of nitro benzene ring substituents is 1. The first-order chi connectivity index (χ1) is 8.75. The van der Waals surface area contributed by atoms with Crippen LogP contribution in [0.4, 0.5) is 18.9 Å². The zero-order valence-corrected chi connectivity index (χ0v) is 9.98. The van der Waals surface area contributed by atoms with Crippen LogP contribution in [-0.4, -0.2) is 29.9 Å². The number of aliphatic hydroxyl groups excluding tert-OH is 1. The van der Waals surface area contributed by atoms with Crippen molar-refractivity contribution in [1.82, 2.24) is 0 Å². The van der Waals surface area contributed by atoms with Gasteiger partial charge in [-0.1, -0.05) is 6.07 Å². The molecule has 0 spiro atoms. The topological polar surface area (TPSA) is 72.6 Å². The average molecular weight is 279 g/mol. The summed E-state index contributed by atoms with van der Waals surface area (Å²) in [6, 6.07) is 2.65. The number of ether oxygens (including phenoxy) is 1. The van der Waals surface area contributed by atoms with Crippen LogP contribution in [0.5, 0.6) is 0 Å². The highest BCUT2D eigenvalue weighted by atomic mass is 19.4. The number of rotatable bonds is 5. The van der Waals surface area contributed by atoms with Crippen molar-refractivity contribution in [2.24, 2.45) is 0 Å². The van der Waals surface area contributed by atoms with Crippen molar-refractivity contribution in [2.75, 3.05) is 13.7 Å². The molecule has 1 unspecified atom stereocenters. The number of methoxy groups -OCH3 is 1. The molecule has 1 aromatic carbocycles. The molecule has 106 valence electrons. The second-order valence-corrected chi connectivity index (χ2v) is 3.92. The third-order valence-electron chi connectivity index (χ3n) is 2.39. The highest BCUT2D eigenvalue weighted by molar-refractivity contribution is 5.44. The van der Waals surface area contributed by atoms with Gasteiger partial charge in [0.25, 0.3) is 5.69 Å². The van der Waals surface area contributed by atoms with E-state index in [0.29, 0.717) is 6.07 Å². The first-order valence-corrected chi connectivity index (χ1v) is 5.27. The second kappa shape index (κ2) is 5.98. The van der Waals surface area contributed by atoms with Crippen molar-refractivity contribution in [1.29, 1.82) is 0 Å². The SMILES string of the molecule is COCC(O)Cc1ccc([N+](=O)[O-])c(C(F)(F)F)c1. The quantitative estimate of drug-likeness (QED) is 0.662. The molecule has 0 bridgehead atoms. The Morgan fingerprint density at radius 2 is 2.11 bits per heavy atom. The molecule has 5 nitrogen and oxygen atoms in total. The lowest BCUT2D eigenvalue weighted by Crippen LogP contribution is -2.18. The summed E-state index contributed by atoms with van der Waals surface area (Å²) < 4.78 is 42.7. The van der Waals surface area contributed by atoms with Crippen LogP contribution in [0.1, 0.15) is 11.1 Å². The minimum atomic E-state index is -4.81. The molecule has 8 heteroatoms. The zero-order chi connectivity index (χ0) is 14.6. The smallest absolute Gasteiger partial charge is 0.390 e. The predicted molar refractivity (Wildman–Crippen MR) is 59.7 cm³/mol. The maximum Gasteiger partial charge on any atom is 0.423 e. The molecule has 0 aromatic heterocycles. The third kappa shape index (κ3) is 4.18. The van der Waals surface area contributed by atoms with Gasteiger partial charge in [-0.2, -0.15) is 13.2 Å².